The normalized spacial score (nSPS) is 22.4. The molecule has 2 amide bonds. The number of ether oxygens (including phenoxy) is 1. The first-order valence-corrected chi connectivity index (χ1v) is 11.2. The summed E-state index contributed by atoms with van der Waals surface area (Å²) in [7, 11) is 0. The van der Waals surface area contributed by atoms with Crippen LogP contribution in [0.25, 0.3) is 0 Å². The standard InChI is InChI=1S/C23H31N3O4/c27-21(24-18-8-10-19(11-9-18)25-12-4-1-5-13-25)16-30-23(29)17-14-22(28)26(15-17)20-6-2-3-7-20/h8-11,17,20H,1-7,12-16H2,(H,24,27)/t17-/m1/s1. The summed E-state index contributed by atoms with van der Waals surface area (Å²) in [5.74, 6) is -1.26. The van der Waals surface area contributed by atoms with Gasteiger partial charge in [0, 0.05) is 43.5 Å². The number of carbonyl (C=O) groups excluding carboxylic acids is 3. The fraction of sp³-hybridized carbons (Fsp3) is 0.609. The monoisotopic (exact) mass is 413 g/mol. The Morgan fingerprint density at radius 3 is 2.40 bits per heavy atom. The van der Waals surface area contributed by atoms with Crippen LogP contribution in [0.5, 0.6) is 0 Å². The molecule has 1 aromatic rings. The molecule has 1 aromatic carbocycles. The molecule has 3 fully saturated rings. The number of hydrogen-bond donors (Lipinski definition) is 1. The Labute approximate surface area is 177 Å². The van der Waals surface area contributed by atoms with Crippen LogP contribution in [0.4, 0.5) is 11.4 Å². The number of carbonyl (C=O) groups is 3. The van der Waals surface area contributed by atoms with Crippen molar-refractivity contribution in [3.8, 4) is 0 Å². The van der Waals surface area contributed by atoms with Gasteiger partial charge < -0.3 is 19.9 Å². The first-order chi connectivity index (χ1) is 14.6. The van der Waals surface area contributed by atoms with Gasteiger partial charge in [0.15, 0.2) is 6.61 Å². The largest absolute Gasteiger partial charge is 0.455 e. The van der Waals surface area contributed by atoms with E-state index in [9.17, 15) is 14.4 Å². The maximum absolute atomic E-state index is 12.3. The number of hydrogen-bond acceptors (Lipinski definition) is 5. The van der Waals surface area contributed by atoms with Gasteiger partial charge in [-0.3, -0.25) is 14.4 Å². The van der Waals surface area contributed by atoms with Crippen molar-refractivity contribution in [1.82, 2.24) is 4.90 Å². The summed E-state index contributed by atoms with van der Waals surface area (Å²) < 4.78 is 5.20. The fourth-order valence-electron chi connectivity index (χ4n) is 4.82. The highest BCUT2D eigenvalue weighted by Gasteiger charge is 2.39. The lowest BCUT2D eigenvalue weighted by molar-refractivity contribution is -0.151. The van der Waals surface area contributed by atoms with E-state index < -0.39 is 11.9 Å². The number of nitrogens with one attached hydrogen (secondary N) is 1. The second-order valence-corrected chi connectivity index (χ2v) is 8.64. The van der Waals surface area contributed by atoms with Crippen molar-refractivity contribution in [2.45, 2.75) is 57.4 Å². The number of amides is 2. The lowest BCUT2D eigenvalue weighted by Crippen LogP contribution is -2.35. The van der Waals surface area contributed by atoms with Crippen LogP contribution in [0.15, 0.2) is 24.3 Å². The Bertz CT molecular complexity index is 767. The minimum Gasteiger partial charge on any atom is -0.455 e. The van der Waals surface area contributed by atoms with E-state index in [0.717, 1.165) is 44.5 Å². The fourth-order valence-corrected chi connectivity index (χ4v) is 4.82. The summed E-state index contributed by atoms with van der Waals surface area (Å²) >= 11 is 0. The van der Waals surface area contributed by atoms with Crippen LogP contribution in [0.2, 0.25) is 0 Å². The van der Waals surface area contributed by atoms with Crippen molar-refractivity contribution in [3.05, 3.63) is 24.3 Å². The summed E-state index contributed by atoms with van der Waals surface area (Å²) in [6.45, 7) is 2.23. The lowest BCUT2D eigenvalue weighted by atomic mass is 10.1. The van der Waals surface area contributed by atoms with Crippen LogP contribution >= 0.6 is 0 Å². The molecular weight excluding hydrogens is 382 g/mol. The number of anilines is 2. The zero-order chi connectivity index (χ0) is 20.9. The molecule has 0 aromatic heterocycles. The molecule has 1 atom stereocenters. The smallest absolute Gasteiger partial charge is 0.311 e. The van der Waals surface area contributed by atoms with Crippen molar-refractivity contribution >= 4 is 29.2 Å². The second-order valence-electron chi connectivity index (χ2n) is 8.64. The molecule has 0 spiro atoms. The summed E-state index contributed by atoms with van der Waals surface area (Å²) in [5, 5.41) is 2.77. The van der Waals surface area contributed by atoms with Crippen molar-refractivity contribution in [1.29, 1.82) is 0 Å². The number of piperidine rings is 1. The molecule has 3 aliphatic rings. The van der Waals surface area contributed by atoms with Gasteiger partial charge in [0.2, 0.25) is 5.91 Å². The van der Waals surface area contributed by atoms with Gasteiger partial charge in [-0.1, -0.05) is 12.8 Å². The van der Waals surface area contributed by atoms with Gasteiger partial charge in [-0.05, 0) is 56.4 Å². The average molecular weight is 414 g/mol. The molecule has 7 heteroatoms. The predicted molar refractivity (Wildman–Crippen MR) is 114 cm³/mol. The number of esters is 1. The highest BCUT2D eigenvalue weighted by atomic mass is 16.5. The molecule has 162 valence electrons. The van der Waals surface area contributed by atoms with Crippen LogP contribution in [0, 0.1) is 5.92 Å². The maximum atomic E-state index is 12.3. The van der Waals surface area contributed by atoms with Gasteiger partial charge in [0.1, 0.15) is 0 Å². The third kappa shape index (κ3) is 4.94. The highest BCUT2D eigenvalue weighted by Crippen LogP contribution is 2.30. The van der Waals surface area contributed by atoms with E-state index >= 15 is 0 Å². The van der Waals surface area contributed by atoms with Crippen LogP contribution in [-0.2, 0) is 19.1 Å². The van der Waals surface area contributed by atoms with E-state index in [-0.39, 0.29) is 30.9 Å². The minimum absolute atomic E-state index is 0.0297. The predicted octanol–water partition coefficient (Wildman–Crippen LogP) is 2.95. The van der Waals surface area contributed by atoms with Crippen LogP contribution in [-0.4, -0.2) is 55.0 Å². The third-order valence-corrected chi connectivity index (χ3v) is 6.48. The zero-order valence-electron chi connectivity index (χ0n) is 17.5. The molecule has 30 heavy (non-hydrogen) atoms. The number of likely N-dealkylation sites (tertiary alicyclic amines) is 1. The van der Waals surface area contributed by atoms with E-state index in [2.05, 4.69) is 10.2 Å². The molecule has 2 heterocycles. The quantitative estimate of drug-likeness (QED) is 0.726. The summed E-state index contributed by atoms with van der Waals surface area (Å²) in [6, 6.07) is 8.03. The van der Waals surface area contributed by atoms with Crippen molar-refractivity contribution in [2.24, 2.45) is 5.92 Å². The Morgan fingerprint density at radius 1 is 1.00 bits per heavy atom. The van der Waals surface area contributed by atoms with E-state index in [4.69, 9.17) is 4.74 Å². The molecule has 1 saturated carbocycles. The molecule has 1 N–H and O–H groups in total. The van der Waals surface area contributed by atoms with Crippen molar-refractivity contribution in [2.75, 3.05) is 36.5 Å². The number of rotatable bonds is 6. The Hall–Kier alpha value is -2.57. The van der Waals surface area contributed by atoms with Gasteiger partial charge in [-0.15, -0.1) is 0 Å². The molecule has 7 nitrogen and oxygen atoms in total. The molecule has 0 bridgehead atoms. The molecule has 2 saturated heterocycles. The van der Waals surface area contributed by atoms with Crippen molar-refractivity contribution in [3.63, 3.8) is 0 Å². The first-order valence-electron chi connectivity index (χ1n) is 11.2. The molecule has 0 unspecified atom stereocenters. The number of nitrogens with zero attached hydrogens (tertiary/aromatic N) is 2. The van der Waals surface area contributed by atoms with Gasteiger partial charge in [0.25, 0.3) is 5.91 Å². The van der Waals surface area contributed by atoms with E-state index in [1.807, 2.05) is 29.2 Å². The number of benzene rings is 1. The molecule has 4 rings (SSSR count). The van der Waals surface area contributed by atoms with E-state index in [1.54, 1.807) is 0 Å². The molecule has 0 radical (unpaired) electrons. The third-order valence-electron chi connectivity index (χ3n) is 6.48. The van der Waals surface area contributed by atoms with E-state index in [0.29, 0.717) is 12.2 Å². The van der Waals surface area contributed by atoms with Gasteiger partial charge in [-0.2, -0.15) is 0 Å². The molecular formula is C23H31N3O4. The average Bonchev–Trinajstić information content (AvgIpc) is 3.43. The topological polar surface area (TPSA) is 79.0 Å². The summed E-state index contributed by atoms with van der Waals surface area (Å²) in [5.41, 5.74) is 1.84. The minimum atomic E-state index is -0.463. The Morgan fingerprint density at radius 2 is 1.70 bits per heavy atom. The maximum Gasteiger partial charge on any atom is 0.311 e. The van der Waals surface area contributed by atoms with Gasteiger partial charge in [0.05, 0.1) is 5.92 Å². The summed E-state index contributed by atoms with van der Waals surface area (Å²) in [4.78, 5) is 40.9. The Kier molecular flexibility index (Phi) is 6.55. The summed E-state index contributed by atoms with van der Waals surface area (Å²) in [6.07, 6.45) is 8.24. The zero-order valence-corrected chi connectivity index (χ0v) is 17.5. The van der Waals surface area contributed by atoms with Crippen LogP contribution in [0.3, 0.4) is 0 Å². The van der Waals surface area contributed by atoms with Gasteiger partial charge in [-0.25, -0.2) is 0 Å². The van der Waals surface area contributed by atoms with Gasteiger partial charge >= 0.3 is 5.97 Å². The van der Waals surface area contributed by atoms with Crippen LogP contribution in [0.1, 0.15) is 51.4 Å². The van der Waals surface area contributed by atoms with Crippen molar-refractivity contribution < 1.29 is 19.1 Å². The second kappa shape index (κ2) is 9.49. The SMILES string of the molecule is O=C(COC(=O)[C@@H]1CC(=O)N(C2CCCC2)C1)Nc1ccc(N2CCCCC2)cc1. The first kappa shape index (κ1) is 20.7. The molecule has 2 aliphatic heterocycles. The van der Waals surface area contributed by atoms with E-state index in [1.165, 1.54) is 19.3 Å². The molecule has 1 aliphatic carbocycles. The lowest BCUT2D eigenvalue weighted by Gasteiger charge is -2.28. The van der Waals surface area contributed by atoms with Crippen LogP contribution < -0.4 is 10.2 Å². The Balaban J connectivity index is 1.21. The highest BCUT2D eigenvalue weighted by molar-refractivity contribution is 5.93.